The molecule has 10 nitrogen and oxygen atoms in total. The fourth-order valence-electron chi connectivity index (χ4n) is 4.48. The van der Waals surface area contributed by atoms with Crippen LogP contribution in [-0.4, -0.2) is 72.8 Å². The van der Waals surface area contributed by atoms with E-state index in [-0.39, 0.29) is 18.5 Å². The number of aromatic nitrogens is 2. The summed E-state index contributed by atoms with van der Waals surface area (Å²) in [6, 6.07) is 8.53. The summed E-state index contributed by atoms with van der Waals surface area (Å²) < 4.78 is 0. The molecule has 1 amide bonds. The van der Waals surface area contributed by atoms with E-state index in [4.69, 9.17) is 16.9 Å². The van der Waals surface area contributed by atoms with Crippen molar-refractivity contribution in [2.24, 2.45) is 5.73 Å². The standard InChI is InChI=1S/C24H33N9O/c1-16-9-17-3-4-18(20(12-25)13-28-14-21(26)34)10-19(17)15-33(16)23-11-22(29-24(27)30-23)32-7-5-31(2)6-8-32/h3-4,10-13,16,25,28H,5-9,14-15H2,1-2H3,(H2,26,34)(H2,27,29,30)/b20-13+,25-12?. The Hall–Kier alpha value is -3.66. The number of allylic oxidation sites excluding steroid dienone is 1. The van der Waals surface area contributed by atoms with Crippen LogP contribution in [0.15, 0.2) is 30.5 Å². The summed E-state index contributed by atoms with van der Waals surface area (Å²) in [5.41, 5.74) is 15.4. The highest BCUT2D eigenvalue weighted by molar-refractivity contribution is 6.08. The van der Waals surface area contributed by atoms with E-state index in [1.807, 2.05) is 12.1 Å². The zero-order valence-electron chi connectivity index (χ0n) is 19.8. The van der Waals surface area contributed by atoms with E-state index < -0.39 is 5.91 Å². The Labute approximate surface area is 200 Å². The van der Waals surface area contributed by atoms with Crippen molar-refractivity contribution >= 4 is 35.3 Å². The van der Waals surface area contributed by atoms with Gasteiger partial charge in [0.2, 0.25) is 11.9 Å². The van der Waals surface area contributed by atoms with E-state index in [2.05, 4.69) is 56.1 Å². The lowest BCUT2D eigenvalue weighted by atomic mass is 9.91. The number of amides is 1. The lowest BCUT2D eigenvalue weighted by Crippen LogP contribution is -2.45. The van der Waals surface area contributed by atoms with Crippen LogP contribution < -0.4 is 26.6 Å². The molecule has 1 fully saturated rings. The molecule has 1 aromatic heterocycles. The molecule has 1 aromatic carbocycles. The first-order valence-electron chi connectivity index (χ1n) is 11.5. The van der Waals surface area contributed by atoms with E-state index in [0.717, 1.165) is 49.8 Å². The molecule has 0 spiro atoms. The summed E-state index contributed by atoms with van der Waals surface area (Å²) in [4.78, 5) is 26.9. The van der Waals surface area contributed by atoms with Gasteiger partial charge in [-0.1, -0.05) is 12.1 Å². The van der Waals surface area contributed by atoms with Gasteiger partial charge in [0.15, 0.2) is 0 Å². The van der Waals surface area contributed by atoms with Crippen LogP contribution in [0, 0.1) is 5.41 Å². The number of nitrogen functional groups attached to an aromatic ring is 1. The van der Waals surface area contributed by atoms with Gasteiger partial charge >= 0.3 is 0 Å². The van der Waals surface area contributed by atoms with Crippen LogP contribution in [0.1, 0.15) is 23.6 Å². The summed E-state index contributed by atoms with van der Waals surface area (Å²) in [6.07, 6.45) is 3.80. The summed E-state index contributed by atoms with van der Waals surface area (Å²) in [5.74, 6) is 1.54. The fourth-order valence-corrected chi connectivity index (χ4v) is 4.48. The van der Waals surface area contributed by atoms with Gasteiger partial charge in [0, 0.05) is 62.8 Å². The Morgan fingerprint density at radius 3 is 2.62 bits per heavy atom. The number of hydrogen-bond acceptors (Lipinski definition) is 9. The molecule has 1 saturated heterocycles. The van der Waals surface area contributed by atoms with Gasteiger partial charge in [-0.05, 0) is 43.1 Å². The number of nitrogens with one attached hydrogen (secondary N) is 2. The van der Waals surface area contributed by atoms with E-state index in [9.17, 15) is 4.79 Å². The smallest absolute Gasteiger partial charge is 0.236 e. The Kier molecular flexibility index (Phi) is 6.97. The van der Waals surface area contributed by atoms with Gasteiger partial charge in [0.25, 0.3) is 0 Å². The Bertz CT molecular complexity index is 1090. The van der Waals surface area contributed by atoms with Crippen LogP contribution in [0.2, 0.25) is 0 Å². The second kappa shape index (κ2) is 10.1. The van der Waals surface area contributed by atoms with E-state index in [0.29, 0.717) is 12.1 Å². The number of anilines is 3. The molecule has 180 valence electrons. The molecule has 0 bridgehead atoms. The Morgan fingerprint density at radius 2 is 1.91 bits per heavy atom. The predicted octanol–water partition coefficient (Wildman–Crippen LogP) is 0.827. The topological polar surface area (TPSA) is 140 Å². The molecule has 2 aromatic rings. The molecule has 34 heavy (non-hydrogen) atoms. The van der Waals surface area contributed by atoms with Crippen LogP contribution in [0.4, 0.5) is 17.6 Å². The van der Waals surface area contributed by atoms with E-state index in [1.54, 1.807) is 6.20 Å². The molecular weight excluding hydrogens is 430 g/mol. The van der Waals surface area contributed by atoms with Gasteiger partial charge in [-0.15, -0.1) is 0 Å². The van der Waals surface area contributed by atoms with Gasteiger partial charge in [-0.25, -0.2) is 0 Å². The number of hydrogen-bond donors (Lipinski definition) is 4. The molecule has 1 atom stereocenters. The maximum Gasteiger partial charge on any atom is 0.236 e. The van der Waals surface area contributed by atoms with Crippen molar-refractivity contribution in [3.63, 3.8) is 0 Å². The Balaban J connectivity index is 1.58. The minimum atomic E-state index is -0.448. The van der Waals surface area contributed by atoms with Crippen molar-refractivity contribution in [2.45, 2.75) is 25.9 Å². The van der Waals surface area contributed by atoms with Crippen LogP contribution >= 0.6 is 0 Å². The van der Waals surface area contributed by atoms with Crippen LogP contribution in [0.3, 0.4) is 0 Å². The minimum absolute atomic E-state index is 0.0261. The first kappa shape index (κ1) is 23.5. The zero-order valence-corrected chi connectivity index (χ0v) is 19.8. The maximum atomic E-state index is 11.0. The van der Waals surface area contributed by atoms with Crippen molar-refractivity contribution in [2.75, 3.05) is 55.3 Å². The summed E-state index contributed by atoms with van der Waals surface area (Å²) in [6.45, 7) is 6.72. The quantitative estimate of drug-likeness (QED) is 0.443. The number of likely N-dealkylation sites (N-methyl/N-ethyl adjacent to an activating group) is 1. The van der Waals surface area contributed by atoms with Crippen molar-refractivity contribution in [1.29, 1.82) is 5.41 Å². The molecule has 0 radical (unpaired) electrons. The molecule has 6 N–H and O–H groups in total. The number of fused-ring (bicyclic) bond motifs is 1. The molecule has 0 saturated carbocycles. The highest BCUT2D eigenvalue weighted by Gasteiger charge is 2.26. The molecule has 1 unspecified atom stereocenters. The summed E-state index contributed by atoms with van der Waals surface area (Å²) in [7, 11) is 2.13. The average molecular weight is 464 g/mol. The maximum absolute atomic E-state index is 11.0. The lowest BCUT2D eigenvalue weighted by molar-refractivity contribution is -0.117. The van der Waals surface area contributed by atoms with Crippen LogP contribution in [0.25, 0.3) is 5.57 Å². The van der Waals surface area contributed by atoms with Crippen LogP contribution in [0.5, 0.6) is 0 Å². The molecule has 10 heteroatoms. The lowest BCUT2D eigenvalue weighted by Gasteiger charge is -2.37. The van der Waals surface area contributed by atoms with Crippen LogP contribution in [-0.2, 0) is 17.8 Å². The second-order valence-corrected chi connectivity index (χ2v) is 8.99. The summed E-state index contributed by atoms with van der Waals surface area (Å²) >= 11 is 0. The third-order valence-electron chi connectivity index (χ3n) is 6.45. The van der Waals surface area contributed by atoms with E-state index in [1.165, 1.54) is 17.3 Å². The molecule has 0 aliphatic carbocycles. The molecule has 2 aliphatic heterocycles. The fraction of sp³-hybridized carbons (Fsp3) is 0.417. The van der Waals surface area contributed by atoms with Crippen molar-refractivity contribution in [1.82, 2.24) is 20.2 Å². The number of piperazine rings is 1. The number of primary amides is 1. The molecule has 3 heterocycles. The van der Waals surface area contributed by atoms with Crippen molar-refractivity contribution in [3.05, 3.63) is 47.2 Å². The largest absolute Gasteiger partial charge is 0.382 e. The number of carbonyl (C=O) groups excluding carboxylic acids is 1. The van der Waals surface area contributed by atoms with Gasteiger partial charge < -0.3 is 36.9 Å². The zero-order chi connectivity index (χ0) is 24.2. The highest BCUT2D eigenvalue weighted by atomic mass is 16.1. The predicted molar refractivity (Wildman–Crippen MR) is 136 cm³/mol. The molecule has 2 aliphatic rings. The average Bonchev–Trinajstić information content (AvgIpc) is 2.81. The first-order chi connectivity index (χ1) is 16.3. The van der Waals surface area contributed by atoms with Gasteiger partial charge in [0.1, 0.15) is 11.6 Å². The Morgan fingerprint density at radius 1 is 1.18 bits per heavy atom. The van der Waals surface area contributed by atoms with Crippen molar-refractivity contribution < 1.29 is 4.79 Å². The second-order valence-electron chi connectivity index (χ2n) is 8.99. The monoisotopic (exact) mass is 463 g/mol. The van der Waals surface area contributed by atoms with Gasteiger partial charge in [-0.2, -0.15) is 9.97 Å². The number of nitrogens with two attached hydrogens (primary N) is 2. The highest BCUT2D eigenvalue weighted by Crippen LogP contribution is 2.31. The third kappa shape index (κ3) is 5.28. The number of rotatable bonds is 7. The molecule has 4 rings (SSSR count). The first-order valence-corrected chi connectivity index (χ1v) is 11.5. The number of benzene rings is 1. The number of carbonyl (C=O) groups is 1. The normalized spacial score (nSPS) is 19.0. The molecular formula is C24H33N9O. The van der Waals surface area contributed by atoms with Gasteiger partial charge in [-0.3, -0.25) is 4.79 Å². The van der Waals surface area contributed by atoms with Crippen molar-refractivity contribution in [3.8, 4) is 0 Å². The SMILES string of the molecule is CC1Cc2ccc(/C(C=N)=C/NCC(N)=O)cc2CN1c1cc(N2CCN(C)CC2)nc(N)n1. The number of nitrogens with zero attached hydrogens (tertiary/aromatic N) is 5. The minimum Gasteiger partial charge on any atom is -0.382 e. The van der Waals surface area contributed by atoms with E-state index >= 15 is 0 Å². The third-order valence-corrected chi connectivity index (χ3v) is 6.45. The van der Waals surface area contributed by atoms with Gasteiger partial charge in [0.05, 0.1) is 6.54 Å². The summed E-state index contributed by atoms with van der Waals surface area (Å²) in [5, 5.41) is 10.7.